The summed E-state index contributed by atoms with van der Waals surface area (Å²) >= 11 is 0. The van der Waals surface area contributed by atoms with Gasteiger partial charge in [0.25, 0.3) is 0 Å². The molecule has 2 N–H and O–H groups in total. The van der Waals surface area contributed by atoms with Crippen LogP contribution < -0.4 is 20.1 Å². The Balaban J connectivity index is 1.74. The van der Waals surface area contributed by atoms with E-state index in [9.17, 15) is 0 Å². The summed E-state index contributed by atoms with van der Waals surface area (Å²) in [5.74, 6) is 2.49. The number of nitrogens with two attached hydrogens (primary N) is 1. The van der Waals surface area contributed by atoms with Crippen LogP contribution in [0.15, 0.2) is 12.1 Å². The molecule has 1 aromatic rings. The van der Waals surface area contributed by atoms with Gasteiger partial charge in [-0.05, 0) is 18.8 Å². The van der Waals surface area contributed by atoms with E-state index in [1.807, 2.05) is 12.1 Å². The van der Waals surface area contributed by atoms with E-state index in [-0.39, 0.29) is 0 Å². The van der Waals surface area contributed by atoms with Gasteiger partial charge in [-0.1, -0.05) is 19.8 Å². The zero-order valence-corrected chi connectivity index (χ0v) is 12.2. The molecule has 0 aromatic heterocycles. The van der Waals surface area contributed by atoms with Gasteiger partial charge in [0.05, 0.1) is 11.4 Å². The van der Waals surface area contributed by atoms with Crippen LogP contribution >= 0.6 is 0 Å². The lowest BCUT2D eigenvalue weighted by atomic mass is 9.92. The van der Waals surface area contributed by atoms with Crippen molar-refractivity contribution in [3.05, 3.63) is 12.1 Å². The second-order valence-electron chi connectivity index (χ2n) is 5.77. The number of nitrogens with zero attached hydrogens (tertiary/aromatic N) is 1. The van der Waals surface area contributed by atoms with E-state index in [2.05, 4.69) is 11.8 Å². The zero-order valence-electron chi connectivity index (χ0n) is 12.2. The molecule has 3 rings (SSSR count). The standard InChI is InChI=1S/C16H24N2O2/c1-2-3-12-4-6-18(7-5-12)14-11-16-15(10-13(14)17)19-8-9-20-16/h10-12H,2-9,17H2,1H3. The van der Waals surface area contributed by atoms with Gasteiger partial charge < -0.3 is 20.1 Å². The first-order valence-electron chi connectivity index (χ1n) is 7.72. The molecule has 2 heterocycles. The minimum Gasteiger partial charge on any atom is -0.486 e. The highest BCUT2D eigenvalue weighted by Gasteiger charge is 2.22. The zero-order chi connectivity index (χ0) is 13.9. The van der Waals surface area contributed by atoms with Crippen LogP contribution in [-0.2, 0) is 0 Å². The number of piperidine rings is 1. The van der Waals surface area contributed by atoms with E-state index < -0.39 is 0 Å². The number of hydrogen-bond acceptors (Lipinski definition) is 4. The predicted molar refractivity (Wildman–Crippen MR) is 81.7 cm³/mol. The Kier molecular flexibility index (Phi) is 3.90. The topological polar surface area (TPSA) is 47.7 Å². The highest BCUT2D eigenvalue weighted by atomic mass is 16.6. The van der Waals surface area contributed by atoms with E-state index in [4.69, 9.17) is 15.2 Å². The minimum absolute atomic E-state index is 0.605. The molecule has 2 aliphatic heterocycles. The maximum absolute atomic E-state index is 6.19. The SMILES string of the molecule is CCCC1CCN(c2cc3c(cc2N)OCCO3)CC1. The van der Waals surface area contributed by atoms with E-state index in [0.29, 0.717) is 13.2 Å². The van der Waals surface area contributed by atoms with Crippen molar-refractivity contribution in [1.82, 2.24) is 0 Å². The number of anilines is 2. The fraction of sp³-hybridized carbons (Fsp3) is 0.625. The van der Waals surface area contributed by atoms with E-state index in [1.165, 1.54) is 25.7 Å². The Bertz CT molecular complexity index is 468. The number of rotatable bonds is 3. The molecular weight excluding hydrogens is 252 g/mol. The van der Waals surface area contributed by atoms with Gasteiger partial charge in [-0.3, -0.25) is 0 Å². The van der Waals surface area contributed by atoms with Crippen molar-refractivity contribution in [1.29, 1.82) is 0 Å². The van der Waals surface area contributed by atoms with Crippen molar-refractivity contribution in [3.63, 3.8) is 0 Å². The molecule has 0 atom stereocenters. The van der Waals surface area contributed by atoms with E-state index in [1.54, 1.807) is 0 Å². The lowest BCUT2D eigenvalue weighted by molar-refractivity contribution is 0.171. The van der Waals surface area contributed by atoms with Crippen molar-refractivity contribution >= 4 is 11.4 Å². The molecule has 0 spiro atoms. The maximum atomic E-state index is 6.19. The third-order valence-corrected chi connectivity index (χ3v) is 4.34. The molecule has 4 nitrogen and oxygen atoms in total. The van der Waals surface area contributed by atoms with Crippen LogP contribution in [0.2, 0.25) is 0 Å². The number of nitrogen functional groups attached to an aromatic ring is 1. The molecular formula is C16H24N2O2. The van der Waals surface area contributed by atoms with Crippen molar-refractivity contribution < 1.29 is 9.47 Å². The largest absolute Gasteiger partial charge is 0.486 e. The Labute approximate surface area is 120 Å². The summed E-state index contributed by atoms with van der Waals surface area (Å²) in [5.41, 5.74) is 8.09. The molecule has 0 amide bonds. The Morgan fingerprint density at radius 2 is 1.80 bits per heavy atom. The number of ether oxygens (including phenoxy) is 2. The van der Waals surface area contributed by atoms with Crippen LogP contribution in [0.4, 0.5) is 11.4 Å². The second-order valence-corrected chi connectivity index (χ2v) is 5.77. The summed E-state index contributed by atoms with van der Waals surface area (Å²) in [4.78, 5) is 2.39. The molecule has 0 unspecified atom stereocenters. The summed E-state index contributed by atoms with van der Waals surface area (Å²) in [5, 5.41) is 0. The van der Waals surface area contributed by atoms with Gasteiger partial charge in [-0.15, -0.1) is 0 Å². The van der Waals surface area contributed by atoms with Gasteiger partial charge in [0.15, 0.2) is 11.5 Å². The molecule has 4 heteroatoms. The smallest absolute Gasteiger partial charge is 0.163 e. The second kappa shape index (κ2) is 5.81. The Morgan fingerprint density at radius 1 is 1.15 bits per heavy atom. The first-order chi connectivity index (χ1) is 9.78. The first kappa shape index (κ1) is 13.4. The van der Waals surface area contributed by atoms with Gasteiger partial charge >= 0.3 is 0 Å². The molecule has 1 fully saturated rings. The minimum atomic E-state index is 0.605. The van der Waals surface area contributed by atoms with Crippen molar-refractivity contribution in [2.24, 2.45) is 5.92 Å². The van der Waals surface area contributed by atoms with Crippen molar-refractivity contribution in [2.45, 2.75) is 32.6 Å². The summed E-state index contributed by atoms with van der Waals surface area (Å²) in [6.07, 6.45) is 5.17. The van der Waals surface area contributed by atoms with Crippen LogP contribution in [0.5, 0.6) is 11.5 Å². The molecule has 110 valence electrons. The van der Waals surface area contributed by atoms with Gasteiger partial charge in [-0.25, -0.2) is 0 Å². The number of fused-ring (bicyclic) bond motifs is 1. The molecule has 0 saturated carbocycles. The number of hydrogen-bond donors (Lipinski definition) is 1. The van der Waals surface area contributed by atoms with Crippen LogP contribution in [-0.4, -0.2) is 26.3 Å². The normalized spacial score (nSPS) is 19.1. The summed E-state index contributed by atoms with van der Waals surface area (Å²) < 4.78 is 11.2. The Hall–Kier alpha value is -1.58. The average molecular weight is 276 g/mol. The summed E-state index contributed by atoms with van der Waals surface area (Å²) in [6, 6.07) is 3.95. The van der Waals surface area contributed by atoms with Crippen LogP contribution in [0.3, 0.4) is 0 Å². The Morgan fingerprint density at radius 3 is 2.45 bits per heavy atom. The summed E-state index contributed by atoms with van der Waals surface area (Å²) in [6.45, 7) is 5.68. The van der Waals surface area contributed by atoms with Crippen molar-refractivity contribution in [3.8, 4) is 11.5 Å². The predicted octanol–water partition coefficient (Wildman–Crippen LogP) is 3.06. The third kappa shape index (κ3) is 2.65. The highest BCUT2D eigenvalue weighted by molar-refractivity contribution is 5.73. The van der Waals surface area contributed by atoms with Crippen LogP contribution in [0.25, 0.3) is 0 Å². The van der Waals surface area contributed by atoms with Crippen LogP contribution in [0, 0.1) is 5.92 Å². The fourth-order valence-electron chi connectivity index (χ4n) is 3.24. The molecule has 20 heavy (non-hydrogen) atoms. The number of benzene rings is 1. The fourth-order valence-corrected chi connectivity index (χ4v) is 3.24. The molecule has 0 bridgehead atoms. The summed E-state index contributed by atoms with van der Waals surface area (Å²) in [7, 11) is 0. The van der Waals surface area contributed by atoms with Crippen LogP contribution in [0.1, 0.15) is 32.6 Å². The van der Waals surface area contributed by atoms with Gasteiger partial charge in [-0.2, -0.15) is 0 Å². The molecule has 1 saturated heterocycles. The molecule has 1 aromatic carbocycles. The lowest BCUT2D eigenvalue weighted by Gasteiger charge is -2.35. The van der Waals surface area contributed by atoms with E-state index >= 15 is 0 Å². The molecule has 2 aliphatic rings. The third-order valence-electron chi connectivity index (χ3n) is 4.34. The van der Waals surface area contributed by atoms with Gasteiger partial charge in [0.1, 0.15) is 13.2 Å². The van der Waals surface area contributed by atoms with Gasteiger partial charge in [0, 0.05) is 25.2 Å². The lowest BCUT2D eigenvalue weighted by Crippen LogP contribution is -2.34. The quantitative estimate of drug-likeness (QED) is 0.862. The average Bonchev–Trinajstić information content (AvgIpc) is 2.48. The van der Waals surface area contributed by atoms with E-state index in [0.717, 1.165) is 41.9 Å². The maximum Gasteiger partial charge on any atom is 0.163 e. The van der Waals surface area contributed by atoms with Gasteiger partial charge in [0.2, 0.25) is 0 Å². The molecule has 0 aliphatic carbocycles. The highest BCUT2D eigenvalue weighted by Crippen LogP contribution is 2.39. The molecule has 0 radical (unpaired) electrons. The monoisotopic (exact) mass is 276 g/mol. The van der Waals surface area contributed by atoms with Crippen molar-refractivity contribution in [2.75, 3.05) is 36.9 Å². The first-order valence-corrected chi connectivity index (χ1v) is 7.72.